The lowest BCUT2D eigenvalue weighted by atomic mass is 9.98. The second kappa shape index (κ2) is 11.6. The van der Waals surface area contributed by atoms with E-state index in [1.807, 2.05) is 0 Å². The molecule has 0 aromatic carbocycles. The molecular formula is C15H30N2O7. The molecule has 2 unspecified atom stereocenters. The lowest BCUT2D eigenvalue weighted by molar-refractivity contribution is -0.265. The van der Waals surface area contributed by atoms with Crippen molar-refractivity contribution in [2.75, 3.05) is 26.4 Å². The number of nitrogens with one attached hydrogen (secondary N) is 1. The number of carbonyl (C=O) groups is 1. The summed E-state index contributed by atoms with van der Waals surface area (Å²) in [4.78, 5) is 11.0. The number of ether oxygens (including phenoxy) is 3. The highest BCUT2D eigenvalue weighted by atomic mass is 16.7. The van der Waals surface area contributed by atoms with Gasteiger partial charge in [-0.05, 0) is 19.8 Å². The molecule has 1 amide bonds. The Kier molecular flexibility index (Phi) is 10.2. The van der Waals surface area contributed by atoms with Crippen LogP contribution in [0.25, 0.3) is 0 Å². The molecular weight excluding hydrogens is 320 g/mol. The molecule has 1 fully saturated rings. The smallest absolute Gasteiger partial charge is 0.407 e. The Morgan fingerprint density at radius 1 is 1.21 bits per heavy atom. The van der Waals surface area contributed by atoms with E-state index >= 15 is 0 Å². The third kappa shape index (κ3) is 6.88. The normalized spacial score (nSPS) is 30.1. The fraction of sp³-hybridized carbons (Fsp3) is 0.933. The van der Waals surface area contributed by atoms with E-state index in [0.717, 1.165) is 25.7 Å². The number of alkyl carbamates (subject to hydrolysis) is 1. The molecule has 142 valence electrons. The third-order valence-electron chi connectivity index (χ3n) is 3.83. The number of hydrogen-bond donors (Lipinski definition) is 5. The summed E-state index contributed by atoms with van der Waals surface area (Å²) in [6, 6.07) is -0.864. The maximum absolute atomic E-state index is 11.0. The number of nitrogens with two attached hydrogens (primary N) is 1. The van der Waals surface area contributed by atoms with Crippen LogP contribution in [0.3, 0.4) is 0 Å². The highest BCUT2D eigenvalue weighted by molar-refractivity contribution is 5.66. The number of hydrogen-bond acceptors (Lipinski definition) is 8. The van der Waals surface area contributed by atoms with Gasteiger partial charge in [-0.2, -0.15) is 0 Å². The summed E-state index contributed by atoms with van der Waals surface area (Å²) in [7, 11) is 0. The molecule has 0 aromatic heterocycles. The van der Waals surface area contributed by atoms with Crippen LogP contribution in [0.4, 0.5) is 4.79 Å². The second-order valence-corrected chi connectivity index (χ2v) is 5.72. The van der Waals surface area contributed by atoms with Gasteiger partial charge in [0.2, 0.25) is 0 Å². The summed E-state index contributed by atoms with van der Waals surface area (Å²) in [5.41, 5.74) is 5.77. The zero-order valence-corrected chi connectivity index (χ0v) is 14.1. The first-order chi connectivity index (χ1) is 11.5. The number of unbranched alkanes of at least 4 members (excludes halogenated alkanes) is 3. The first-order valence-electron chi connectivity index (χ1n) is 8.41. The van der Waals surface area contributed by atoms with Gasteiger partial charge in [-0.15, -0.1) is 0 Å². The molecule has 0 spiro atoms. The molecule has 0 saturated carbocycles. The quantitative estimate of drug-likeness (QED) is 0.318. The minimum atomic E-state index is -1.23. The number of amides is 1. The predicted molar refractivity (Wildman–Crippen MR) is 85.2 cm³/mol. The van der Waals surface area contributed by atoms with Gasteiger partial charge in [0.05, 0.1) is 19.3 Å². The minimum Gasteiger partial charge on any atom is -0.450 e. The van der Waals surface area contributed by atoms with Gasteiger partial charge in [-0.1, -0.05) is 12.8 Å². The SMILES string of the molecule is CCOC(=O)NCCCCCCO[C@@H]1OC(CO)[C@H](O)C(O)[C@@H]1N. The van der Waals surface area contributed by atoms with Crippen molar-refractivity contribution in [3.05, 3.63) is 0 Å². The van der Waals surface area contributed by atoms with Gasteiger partial charge in [-0.3, -0.25) is 0 Å². The summed E-state index contributed by atoms with van der Waals surface area (Å²) >= 11 is 0. The number of aliphatic hydroxyl groups excluding tert-OH is 3. The molecule has 0 aromatic rings. The minimum absolute atomic E-state index is 0.359. The van der Waals surface area contributed by atoms with Crippen LogP contribution >= 0.6 is 0 Å². The lowest BCUT2D eigenvalue weighted by Gasteiger charge is -2.40. The van der Waals surface area contributed by atoms with Crippen LogP contribution in [-0.4, -0.2) is 78.4 Å². The molecule has 9 nitrogen and oxygen atoms in total. The summed E-state index contributed by atoms with van der Waals surface area (Å²) in [6.45, 7) is 2.66. The van der Waals surface area contributed by atoms with Crippen molar-refractivity contribution in [3.8, 4) is 0 Å². The molecule has 1 heterocycles. The van der Waals surface area contributed by atoms with Crippen LogP contribution in [0.1, 0.15) is 32.6 Å². The Balaban J connectivity index is 2.09. The van der Waals surface area contributed by atoms with Crippen molar-refractivity contribution in [1.29, 1.82) is 0 Å². The molecule has 9 heteroatoms. The molecule has 0 bridgehead atoms. The Hall–Kier alpha value is -0.970. The standard InChI is InChI=1S/C15H30N2O7/c1-2-22-15(21)17-7-5-3-4-6-8-23-14-11(16)13(20)12(19)10(9-18)24-14/h10-14,18-20H,2-9,16H2,1H3,(H,17,21)/t10?,11-,12-,13?,14+/m0/s1. The van der Waals surface area contributed by atoms with Crippen LogP contribution in [0, 0.1) is 0 Å². The maximum Gasteiger partial charge on any atom is 0.407 e. The Bertz CT molecular complexity index is 357. The zero-order valence-electron chi connectivity index (χ0n) is 14.1. The Labute approximate surface area is 142 Å². The number of rotatable bonds is 10. The van der Waals surface area contributed by atoms with Crippen molar-refractivity contribution in [2.45, 2.75) is 63.3 Å². The predicted octanol–water partition coefficient (Wildman–Crippen LogP) is -0.924. The van der Waals surface area contributed by atoms with E-state index in [9.17, 15) is 15.0 Å². The van der Waals surface area contributed by atoms with Crippen molar-refractivity contribution < 1.29 is 34.3 Å². The van der Waals surface area contributed by atoms with Gasteiger partial charge >= 0.3 is 6.09 Å². The topological polar surface area (TPSA) is 144 Å². The van der Waals surface area contributed by atoms with Crippen molar-refractivity contribution >= 4 is 6.09 Å². The number of carbonyl (C=O) groups excluding carboxylic acids is 1. The first kappa shape index (κ1) is 21.1. The summed E-state index contributed by atoms with van der Waals surface area (Å²) in [6.07, 6.45) is -1.14. The molecule has 0 aliphatic carbocycles. The molecule has 1 aliphatic rings. The molecule has 5 atom stereocenters. The van der Waals surface area contributed by atoms with Gasteiger partial charge in [0.1, 0.15) is 18.3 Å². The van der Waals surface area contributed by atoms with E-state index in [4.69, 9.17) is 25.1 Å². The molecule has 1 aliphatic heterocycles. The largest absolute Gasteiger partial charge is 0.450 e. The highest BCUT2D eigenvalue weighted by Gasteiger charge is 2.42. The molecule has 24 heavy (non-hydrogen) atoms. The highest BCUT2D eigenvalue weighted by Crippen LogP contribution is 2.20. The van der Waals surface area contributed by atoms with E-state index in [0.29, 0.717) is 19.8 Å². The molecule has 1 saturated heterocycles. The third-order valence-corrected chi connectivity index (χ3v) is 3.83. The van der Waals surface area contributed by atoms with Crippen LogP contribution in [0.5, 0.6) is 0 Å². The fourth-order valence-electron chi connectivity index (χ4n) is 2.41. The van der Waals surface area contributed by atoms with Gasteiger partial charge in [0, 0.05) is 13.2 Å². The molecule has 0 radical (unpaired) electrons. The van der Waals surface area contributed by atoms with E-state index in [1.54, 1.807) is 6.92 Å². The lowest BCUT2D eigenvalue weighted by Crippen LogP contribution is -2.62. The van der Waals surface area contributed by atoms with Gasteiger partial charge in [0.25, 0.3) is 0 Å². The van der Waals surface area contributed by atoms with Crippen LogP contribution in [-0.2, 0) is 14.2 Å². The van der Waals surface area contributed by atoms with Crippen LogP contribution in [0.15, 0.2) is 0 Å². The van der Waals surface area contributed by atoms with E-state index in [1.165, 1.54) is 0 Å². The van der Waals surface area contributed by atoms with Gasteiger partial charge in [0.15, 0.2) is 6.29 Å². The zero-order chi connectivity index (χ0) is 17.9. The molecule has 1 rings (SSSR count). The summed E-state index contributed by atoms with van der Waals surface area (Å²) < 4.78 is 15.6. The van der Waals surface area contributed by atoms with Gasteiger partial charge < -0.3 is 40.6 Å². The second-order valence-electron chi connectivity index (χ2n) is 5.72. The maximum atomic E-state index is 11.0. The Morgan fingerprint density at radius 3 is 2.58 bits per heavy atom. The van der Waals surface area contributed by atoms with Crippen LogP contribution in [0.2, 0.25) is 0 Å². The van der Waals surface area contributed by atoms with E-state index in [-0.39, 0.29) is 0 Å². The number of aliphatic hydroxyl groups is 3. The monoisotopic (exact) mass is 350 g/mol. The molecule has 6 N–H and O–H groups in total. The average Bonchev–Trinajstić information content (AvgIpc) is 2.57. The van der Waals surface area contributed by atoms with E-state index in [2.05, 4.69) is 5.32 Å². The van der Waals surface area contributed by atoms with E-state index < -0.39 is 43.3 Å². The van der Waals surface area contributed by atoms with Gasteiger partial charge in [-0.25, -0.2) is 4.79 Å². The van der Waals surface area contributed by atoms with Crippen molar-refractivity contribution in [3.63, 3.8) is 0 Å². The fourth-order valence-corrected chi connectivity index (χ4v) is 2.41. The van der Waals surface area contributed by atoms with Crippen molar-refractivity contribution in [1.82, 2.24) is 5.32 Å². The van der Waals surface area contributed by atoms with Crippen LogP contribution < -0.4 is 11.1 Å². The van der Waals surface area contributed by atoms with Crippen molar-refractivity contribution in [2.24, 2.45) is 5.73 Å². The summed E-state index contributed by atoms with van der Waals surface area (Å²) in [5, 5.41) is 31.3. The summed E-state index contributed by atoms with van der Waals surface area (Å²) in [5.74, 6) is 0. The average molecular weight is 350 g/mol. The first-order valence-corrected chi connectivity index (χ1v) is 8.41. The Morgan fingerprint density at radius 2 is 1.92 bits per heavy atom.